The first-order valence-corrected chi connectivity index (χ1v) is 13.1. The highest BCUT2D eigenvalue weighted by molar-refractivity contribution is 7.91. The summed E-state index contributed by atoms with van der Waals surface area (Å²) in [4.78, 5) is 32.4. The molecule has 9 heteroatoms. The maximum absolute atomic E-state index is 13.8. The number of carbonyl (C=O) groups excluding carboxylic acids is 2. The average Bonchev–Trinajstić information content (AvgIpc) is 3.76. The van der Waals surface area contributed by atoms with Crippen LogP contribution in [-0.2, 0) is 26.8 Å². The molecule has 0 saturated heterocycles. The molecule has 1 aromatic heterocycles. The Morgan fingerprint density at radius 3 is 2.54 bits per heavy atom. The molecule has 2 atom stereocenters. The predicted octanol–water partition coefficient (Wildman–Crippen LogP) is 2.86. The van der Waals surface area contributed by atoms with E-state index in [-0.39, 0.29) is 24.1 Å². The van der Waals surface area contributed by atoms with Crippen LogP contribution in [0.1, 0.15) is 52.5 Å². The molecule has 6 rings (SSSR count). The monoisotopic (exact) mass is 488 g/mol. The van der Waals surface area contributed by atoms with Gasteiger partial charge in [0.1, 0.15) is 5.69 Å². The highest BCUT2D eigenvalue weighted by Crippen LogP contribution is 2.66. The van der Waals surface area contributed by atoms with Gasteiger partial charge in [-0.1, -0.05) is 36.4 Å². The van der Waals surface area contributed by atoms with Crippen molar-refractivity contribution in [1.82, 2.24) is 9.71 Å². The molecule has 8 nitrogen and oxygen atoms in total. The van der Waals surface area contributed by atoms with Crippen molar-refractivity contribution in [2.24, 2.45) is 0 Å². The van der Waals surface area contributed by atoms with Crippen LogP contribution in [0.25, 0.3) is 0 Å². The van der Waals surface area contributed by atoms with Gasteiger partial charge in [0.15, 0.2) is 0 Å². The van der Waals surface area contributed by atoms with E-state index < -0.39 is 26.6 Å². The molecule has 2 saturated carbocycles. The van der Waals surface area contributed by atoms with Crippen LogP contribution >= 0.6 is 0 Å². The van der Waals surface area contributed by atoms with Gasteiger partial charge >= 0.3 is 0 Å². The van der Waals surface area contributed by atoms with Gasteiger partial charge in [0.2, 0.25) is 15.9 Å². The van der Waals surface area contributed by atoms with Gasteiger partial charge in [0.25, 0.3) is 5.91 Å². The Labute approximate surface area is 203 Å². The van der Waals surface area contributed by atoms with E-state index in [4.69, 9.17) is 5.73 Å². The van der Waals surface area contributed by atoms with E-state index in [2.05, 4.69) is 9.71 Å². The molecular weight excluding hydrogens is 464 g/mol. The topological polar surface area (TPSA) is 122 Å². The molecule has 2 aromatic carbocycles. The van der Waals surface area contributed by atoms with Gasteiger partial charge in [-0.2, -0.15) is 0 Å². The maximum atomic E-state index is 13.8. The zero-order chi connectivity index (χ0) is 24.4. The van der Waals surface area contributed by atoms with Crippen molar-refractivity contribution in [2.75, 3.05) is 10.6 Å². The molecule has 2 aliphatic carbocycles. The SMILES string of the molecule is Nc1ccc([C@H]2C[C@]23C(=O)N(Cc2cccc(C(=O)NS(=O)(=O)C4CC4)n2)c2ccccc23)cc1. The van der Waals surface area contributed by atoms with E-state index in [1.165, 1.54) is 6.07 Å². The molecule has 1 spiro atoms. The summed E-state index contributed by atoms with van der Waals surface area (Å²) in [6.45, 7) is 0.183. The molecule has 1 aliphatic heterocycles. The van der Waals surface area contributed by atoms with E-state index in [0.29, 0.717) is 24.2 Å². The van der Waals surface area contributed by atoms with Crippen molar-refractivity contribution >= 4 is 33.2 Å². The van der Waals surface area contributed by atoms with E-state index in [1.807, 2.05) is 48.5 Å². The number of rotatable bonds is 6. The third kappa shape index (κ3) is 3.58. The lowest BCUT2D eigenvalue weighted by Crippen LogP contribution is -2.34. The number of amides is 2. The smallest absolute Gasteiger partial charge is 0.283 e. The summed E-state index contributed by atoms with van der Waals surface area (Å²) < 4.78 is 26.4. The molecule has 3 aliphatic rings. The highest BCUT2D eigenvalue weighted by atomic mass is 32.2. The van der Waals surface area contributed by atoms with Crippen molar-refractivity contribution in [3.63, 3.8) is 0 Å². The highest BCUT2D eigenvalue weighted by Gasteiger charge is 2.67. The molecule has 2 heterocycles. The molecular formula is C26H24N4O4S. The molecule has 178 valence electrons. The van der Waals surface area contributed by atoms with Gasteiger partial charge < -0.3 is 10.6 Å². The van der Waals surface area contributed by atoms with Crippen molar-refractivity contribution in [2.45, 2.75) is 42.4 Å². The zero-order valence-corrected chi connectivity index (χ0v) is 19.7. The van der Waals surface area contributed by atoms with Gasteiger partial charge in [0, 0.05) is 17.3 Å². The summed E-state index contributed by atoms with van der Waals surface area (Å²) in [5.41, 5.74) is 9.34. The van der Waals surface area contributed by atoms with Crippen LogP contribution < -0.4 is 15.4 Å². The second kappa shape index (κ2) is 7.64. The summed E-state index contributed by atoms with van der Waals surface area (Å²) in [6, 6.07) is 20.3. The number of nitrogen functional groups attached to an aromatic ring is 1. The summed E-state index contributed by atoms with van der Waals surface area (Å²) in [7, 11) is -3.67. The Bertz CT molecular complexity index is 1470. The molecule has 0 radical (unpaired) electrons. The van der Waals surface area contributed by atoms with Gasteiger partial charge in [-0.05, 0) is 60.7 Å². The van der Waals surface area contributed by atoms with E-state index >= 15 is 0 Å². The van der Waals surface area contributed by atoms with Gasteiger partial charge in [-0.15, -0.1) is 0 Å². The first kappa shape index (κ1) is 21.8. The van der Waals surface area contributed by atoms with E-state index in [1.54, 1.807) is 17.0 Å². The molecule has 35 heavy (non-hydrogen) atoms. The Morgan fingerprint density at radius 1 is 1.06 bits per heavy atom. The van der Waals surface area contributed by atoms with Crippen molar-refractivity contribution < 1.29 is 18.0 Å². The Balaban J connectivity index is 1.27. The number of aromatic nitrogens is 1. The quantitative estimate of drug-likeness (QED) is 0.515. The minimum Gasteiger partial charge on any atom is -0.399 e. The minimum absolute atomic E-state index is 0.00698. The second-order valence-corrected chi connectivity index (χ2v) is 11.5. The Hall–Kier alpha value is -3.72. The lowest BCUT2D eigenvalue weighted by atomic mass is 9.92. The number of nitrogens with two attached hydrogens (primary N) is 1. The average molecular weight is 489 g/mol. The van der Waals surface area contributed by atoms with Crippen LogP contribution in [0.3, 0.4) is 0 Å². The molecule has 0 unspecified atom stereocenters. The fourth-order valence-corrected chi connectivity index (χ4v) is 6.42. The number of hydrogen-bond donors (Lipinski definition) is 2. The van der Waals surface area contributed by atoms with Crippen LogP contribution in [0, 0.1) is 0 Å². The summed E-state index contributed by atoms with van der Waals surface area (Å²) in [5.74, 6) is -0.679. The number of pyridine rings is 1. The number of sulfonamides is 1. The molecule has 2 amide bonds. The van der Waals surface area contributed by atoms with Crippen LogP contribution in [0.15, 0.2) is 66.7 Å². The summed E-state index contributed by atoms with van der Waals surface area (Å²) in [6.07, 6.45) is 1.84. The fraction of sp³-hybridized carbons (Fsp3) is 0.269. The van der Waals surface area contributed by atoms with Crippen molar-refractivity contribution in [1.29, 1.82) is 0 Å². The number of nitrogens with zero attached hydrogens (tertiary/aromatic N) is 2. The van der Waals surface area contributed by atoms with Crippen LogP contribution in [0.4, 0.5) is 11.4 Å². The van der Waals surface area contributed by atoms with Crippen LogP contribution in [-0.4, -0.2) is 30.5 Å². The number of anilines is 2. The second-order valence-electron chi connectivity index (χ2n) is 9.49. The molecule has 3 aromatic rings. The minimum atomic E-state index is -3.67. The van der Waals surface area contributed by atoms with E-state index in [0.717, 1.165) is 23.2 Å². The zero-order valence-electron chi connectivity index (χ0n) is 18.8. The maximum Gasteiger partial charge on any atom is 0.283 e. The van der Waals surface area contributed by atoms with Crippen molar-refractivity contribution in [3.8, 4) is 0 Å². The summed E-state index contributed by atoms with van der Waals surface area (Å²) in [5, 5.41) is -0.503. The van der Waals surface area contributed by atoms with Crippen molar-refractivity contribution in [3.05, 3.63) is 89.2 Å². The number of benzene rings is 2. The van der Waals surface area contributed by atoms with Crippen LogP contribution in [0.5, 0.6) is 0 Å². The molecule has 3 N–H and O–H groups in total. The molecule has 2 fully saturated rings. The predicted molar refractivity (Wildman–Crippen MR) is 131 cm³/mol. The molecule has 0 bridgehead atoms. The first-order chi connectivity index (χ1) is 16.8. The van der Waals surface area contributed by atoms with Gasteiger partial charge in [-0.3, -0.25) is 9.59 Å². The fourth-order valence-electron chi connectivity index (χ4n) is 5.14. The van der Waals surface area contributed by atoms with Gasteiger partial charge in [-0.25, -0.2) is 18.1 Å². The summed E-state index contributed by atoms with van der Waals surface area (Å²) >= 11 is 0. The standard InChI is InChI=1S/C26H24N4O4S/c27-17-10-8-16(9-11-17)21-14-26(21)20-5-1-2-7-23(20)30(25(26)32)15-18-4-3-6-22(28-18)24(31)29-35(33,34)19-12-13-19/h1-11,19,21H,12-15,27H2,(H,29,31)/t21-,26-/m1/s1. The lowest BCUT2D eigenvalue weighted by molar-refractivity contribution is -0.120. The largest absolute Gasteiger partial charge is 0.399 e. The number of hydrogen-bond acceptors (Lipinski definition) is 6. The number of para-hydroxylation sites is 1. The number of carbonyl (C=O) groups is 2. The van der Waals surface area contributed by atoms with Crippen LogP contribution in [0.2, 0.25) is 0 Å². The number of fused-ring (bicyclic) bond motifs is 2. The Kier molecular flexibility index (Phi) is 4.76. The Morgan fingerprint density at radius 2 is 1.80 bits per heavy atom. The lowest BCUT2D eigenvalue weighted by Gasteiger charge is -2.18. The van der Waals surface area contributed by atoms with E-state index in [9.17, 15) is 18.0 Å². The third-order valence-corrected chi connectivity index (χ3v) is 8.98. The first-order valence-electron chi connectivity index (χ1n) is 11.6. The third-order valence-electron chi connectivity index (χ3n) is 7.16. The normalized spacial score (nSPS) is 22.8. The number of nitrogens with one attached hydrogen (secondary N) is 1. The van der Waals surface area contributed by atoms with Gasteiger partial charge in [0.05, 0.1) is 22.9 Å².